The number of halogens is 1. The van der Waals surface area contributed by atoms with Crippen LogP contribution >= 0.6 is 0 Å². The van der Waals surface area contributed by atoms with Crippen LogP contribution in [0.3, 0.4) is 0 Å². The number of nitrogens with zero attached hydrogens (tertiary/aromatic N) is 4. The second kappa shape index (κ2) is 9.56. The molecule has 0 aliphatic carbocycles. The fraction of sp³-hybridized carbons (Fsp3) is 0.435. The molecule has 1 unspecified atom stereocenters. The Bertz CT molecular complexity index is 1250. The Labute approximate surface area is 192 Å². The summed E-state index contributed by atoms with van der Waals surface area (Å²) in [4.78, 5) is 12.7. The highest BCUT2D eigenvalue weighted by atomic mass is 32.2. The van der Waals surface area contributed by atoms with Gasteiger partial charge in [0.2, 0.25) is 15.9 Å². The van der Waals surface area contributed by atoms with Crippen LogP contribution in [0.15, 0.2) is 47.4 Å². The lowest BCUT2D eigenvalue weighted by atomic mass is 9.97. The average molecular weight is 474 g/mol. The molecular weight excluding hydrogens is 445 g/mol. The minimum Gasteiger partial charge on any atom is -0.352 e. The summed E-state index contributed by atoms with van der Waals surface area (Å²) in [7, 11) is -3.71. The molecule has 1 N–H and O–H groups in total. The van der Waals surface area contributed by atoms with Crippen LogP contribution in [0.25, 0.3) is 11.0 Å². The third kappa shape index (κ3) is 4.77. The van der Waals surface area contributed by atoms with E-state index in [2.05, 4.69) is 22.6 Å². The molecule has 0 bridgehead atoms. The molecule has 1 fully saturated rings. The number of hydrogen-bond donors (Lipinski definition) is 1. The van der Waals surface area contributed by atoms with Crippen molar-refractivity contribution in [2.24, 2.45) is 5.92 Å². The number of aromatic nitrogens is 3. The molecule has 1 aliphatic rings. The van der Waals surface area contributed by atoms with E-state index >= 15 is 0 Å². The first-order valence-electron chi connectivity index (χ1n) is 11.2. The molecule has 2 aromatic carbocycles. The first-order chi connectivity index (χ1) is 15.8. The molecule has 33 heavy (non-hydrogen) atoms. The van der Waals surface area contributed by atoms with Crippen LogP contribution in [0.4, 0.5) is 4.39 Å². The highest BCUT2D eigenvalue weighted by Gasteiger charge is 2.32. The van der Waals surface area contributed by atoms with Gasteiger partial charge in [-0.05, 0) is 50.5 Å². The highest BCUT2D eigenvalue weighted by Crippen LogP contribution is 2.27. The van der Waals surface area contributed by atoms with Crippen molar-refractivity contribution >= 4 is 27.0 Å². The van der Waals surface area contributed by atoms with Crippen LogP contribution in [-0.2, 0) is 21.4 Å². The largest absolute Gasteiger partial charge is 0.352 e. The van der Waals surface area contributed by atoms with Crippen molar-refractivity contribution < 1.29 is 17.6 Å². The van der Waals surface area contributed by atoms with Crippen molar-refractivity contribution in [3.63, 3.8) is 0 Å². The van der Waals surface area contributed by atoms with Gasteiger partial charge in [-0.3, -0.25) is 4.79 Å². The number of nitrogens with one attached hydrogen (secondary N) is 1. The minimum atomic E-state index is -3.71. The average Bonchev–Trinajstić information content (AvgIpc) is 3.26. The summed E-state index contributed by atoms with van der Waals surface area (Å²) in [6.45, 7) is 4.70. The Kier molecular flexibility index (Phi) is 6.76. The Balaban J connectivity index is 1.39. The van der Waals surface area contributed by atoms with Crippen LogP contribution in [0.1, 0.15) is 44.7 Å². The molecule has 2 heterocycles. The monoisotopic (exact) mass is 473 g/mol. The lowest BCUT2D eigenvalue weighted by Crippen LogP contribution is -2.42. The van der Waals surface area contributed by atoms with Gasteiger partial charge < -0.3 is 5.32 Å². The smallest absolute Gasteiger partial charge is 0.243 e. The second-order valence-electron chi connectivity index (χ2n) is 8.43. The normalized spacial score (nSPS) is 16.7. The molecular formula is C23H28FN5O3S. The number of carbonyl (C=O) groups excluding carboxylic acids is 1. The van der Waals surface area contributed by atoms with Crippen LogP contribution in [0, 0.1) is 11.7 Å². The van der Waals surface area contributed by atoms with Gasteiger partial charge in [0.25, 0.3) is 0 Å². The van der Waals surface area contributed by atoms with Crippen LogP contribution in [0.5, 0.6) is 0 Å². The quantitative estimate of drug-likeness (QED) is 0.568. The van der Waals surface area contributed by atoms with Gasteiger partial charge in [-0.25, -0.2) is 17.5 Å². The number of benzene rings is 2. The molecule has 1 amide bonds. The molecule has 1 saturated heterocycles. The molecule has 1 aliphatic heterocycles. The Morgan fingerprint density at radius 3 is 2.64 bits per heavy atom. The van der Waals surface area contributed by atoms with E-state index in [1.165, 1.54) is 10.4 Å². The fourth-order valence-corrected chi connectivity index (χ4v) is 5.55. The predicted octanol–water partition coefficient (Wildman–Crippen LogP) is 3.26. The topological polar surface area (TPSA) is 97.2 Å². The van der Waals surface area contributed by atoms with Crippen molar-refractivity contribution in [1.82, 2.24) is 24.6 Å². The number of piperidine rings is 1. The van der Waals surface area contributed by atoms with Gasteiger partial charge in [0.05, 0.1) is 16.5 Å². The molecule has 0 saturated carbocycles. The number of hydrogen-bond acceptors (Lipinski definition) is 5. The predicted molar refractivity (Wildman–Crippen MR) is 122 cm³/mol. The number of fused-ring (bicyclic) bond motifs is 1. The first kappa shape index (κ1) is 23.3. The summed E-state index contributed by atoms with van der Waals surface area (Å²) in [5, 5.41) is 11.1. The van der Waals surface area contributed by atoms with Crippen molar-refractivity contribution in [3.05, 3.63) is 53.8 Å². The number of rotatable bonds is 7. The number of carbonyl (C=O) groups is 1. The van der Waals surface area contributed by atoms with Crippen molar-refractivity contribution in [3.8, 4) is 0 Å². The zero-order chi connectivity index (χ0) is 23.6. The maximum absolute atomic E-state index is 13.7. The maximum Gasteiger partial charge on any atom is 0.243 e. The van der Waals surface area contributed by atoms with Crippen LogP contribution in [0.2, 0.25) is 0 Å². The van der Waals surface area contributed by atoms with E-state index < -0.39 is 10.0 Å². The van der Waals surface area contributed by atoms with Crippen molar-refractivity contribution in [2.75, 3.05) is 13.1 Å². The SMILES string of the molecule is CCC(C)n1nnc2cc(S(=O)(=O)N3CCC(C(=O)NCc4ccccc4F)CC3)ccc21. The van der Waals surface area contributed by atoms with E-state index in [0.29, 0.717) is 23.9 Å². The molecule has 0 spiro atoms. The van der Waals surface area contributed by atoms with Crippen LogP contribution < -0.4 is 5.32 Å². The van der Waals surface area contributed by atoms with Gasteiger partial charge in [0.15, 0.2) is 0 Å². The van der Waals surface area contributed by atoms with E-state index in [1.54, 1.807) is 41.1 Å². The number of amides is 1. The van der Waals surface area contributed by atoms with E-state index in [-0.39, 0.29) is 48.2 Å². The summed E-state index contributed by atoms with van der Waals surface area (Å²) in [5.41, 5.74) is 1.76. The third-order valence-corrected chi connectivity index (χ3v) is 8.22. The lowest BCUT2D eigenvalue weighted by molar-refractivity contribution is -0.126. The van der Waals surface area contributed by atoms with Gasteiger partial charge in [-0.2, -0.15) is 4.31 Å². The zero-order valence-corrected chi connectivity index (χ0v) is 19.6. The third-order valence-electron chi connectivity index (χ3n) is 6.32. The molecule has 0 radical (unpaired) electrons. The van der Waals surface area contributed by atoms with E-state index in [1.807, 2.05) is 6.92 Å². The van der Waals surface area contributed by atoms with Crippen molar-refractivity contribution in [1.29, 1.82) is 0 Å². The molecule has 10 heteroatoms. The highest BCUT2D eigenvalue weighted by molar-refractivity contribution is 7.89. The molecule has 1 aromatic heterocycles. The van der Waals surface area contributed by atoms with E-state index in [0.717, 1.165) is 11.9 Å². The standard InChI is InChI=1S/C23H28FN5O3S/c1-3-16(2)29-22-9-8-19(14-21(22)26-27-29)33(31,32)28-12-10-17(11-13-28)23(30)25-15-18-6-4-5-7-20(18)24/h4-9,14,16-17H,3,10-13,15H2,1-2H3,(H,25,30). The van der Waals surface area contributed by atoms with Gasteiger partial charge in [0.1, 0.15) is 11.3 Å². The summed E-state index contributed by atoms with van der Waals surface area (Å²) in [5.74, 6) is -0.848. The van der Waals surface area contributed by atoms with Gasteiger partial charge >= 0.3 is 0 Å². The Morgan fingerprint density at radius 1 is 1.21 bits per heavy atom. The zero-order valence-electron chi connectivity index (χ0n) is 18.7. The van der Waals surface area contributed by atoms with E-state index in [4.69, 9.17) is 0 Å². The summed E-state index contributed by atoms with van der Waals surface area (Å²) in [6, 6.07) is 11.4. The molecule has 8 nitrogen and oxygen atoms in total. The summed E-state index contributed by atoms with van der Waals surface area (Å²) in [6.07, 6.45) is 1.71. The first-order valence-corrected chi connectivity index (χ1v) is 12.6. The summed E-state index contributed by atoms with van der Waals surface area (Å²) < 4.78 is 43.3. The van der Waals surface area contributed by atoms with Gasteiger partial charge in [-0.15, -0.1) is 5.10 Å². The second-order valence-corrected chi connectivity index (χ2v) is 10.4. The van der Waals surface area contributed by atoms with Gasteiger partial charge in [0, 0.05) is 31.1 Å². The minimum absolute atomic E-state index is 0.112. The lowest BCUT2D eigenvalue weighted by Gasteiger charge is -2.30. The number of sulfonamides is 1. The van der Waals surface area contributed by atoms with E-state index in [9.17, 15) is 17.6 Å². The maximum atomic E-state index is 13.7. The van der Waals surface area contributed by atoms with Gasteiger partial charge in [-0.1, -0.05) is 30.3 Å². The van der Waals surface area contributed by atoms with Crippen LogP contribution in [-0.4, -0.2) is 46.7 Å². The Hall–Kier alpha value is -2.85. The molecule has 4 rings (SSSR count). The molecule has 3 aromatic rings. The molecule has 1 atom stereocenters. The molecule has 176 valence electrons. The Morgan fingerprint density at radius 2 is 1.94 bits per heavy atom. The summed E-state index contributed by atoms with van der Waals surface area (Å²) >= 11 is 0. The van der Waals surface area contributed by atoms with Crippen molar-refractivity contribution in [2.45, 2.75) is 50.6 Å². The fourth-order valence-electron chi connectivity index (χ4n) is 4.06.